The van der Waals surface area contributed by atoms with Gasteiger partial charge in [0, 0.05) is 38.1 Å². The van der Waals surface area contributed by atoms with Gasteiger partial charge in [-0.3, -0.25) is 9.89 Å². The van der Waals surface area contributed by atoms with E-state index >= 15 is 0 Å². The topological polar surface area (TPSA) is 52.6 Å². The minimum Gasteiger partial charge on any atom is -0.354 e. The van der Waals surface area contributed by atoms with Gasteiger partial charge in [-0.2, -0.15) is 0 Å². The first-order valence-corrected chi connectivity index (χ1v) is 10.7. The lowest BCUT2D eigenvalue weighted by Gasteiger charge is -2.33. The first-order chi connectivity index (χ1) is 13.2. The molecule has 0 amide bonds. The highest BCUT2D eigenvalue weighted by molar-refractivity contribution is 7.09. The van der Waals surface area contributed by atoms with Gasteiger partial charge in [0.1, 0.15) is 0 Å². The van der Waals surface area contributed by atoms with Crippen LogP contribution in [0.25, 0.3) is 0 Å². The molecule has 1 aromatic carbocycles. The second kappa shape index (κ2) is 9.85. The van der Waals surface area contributed by atoms with Crippen LogP contribution in [0.4, 0.5) is 0 Å². The molecule has 2 heterocycles. The van der Waals surface area contributed by atoms with E-state index in [0.29, 0.717) is 6.04 Å². The molecule has 1 saturated heterocycles. The average molecular weight is 386 g/mol. The maximum absolute atomic E-state index is 4.61. The number of benzene rings is 1. The van der Waals surface area contributed by atoms with Crippen molar-refractivity contribution in [1.29, 1.82) is 0 Å². The normalized spacial score (nSPS) is 16.5. The van der Waals surface area contributed by atoms with Gasteiger partial charge in [0.15, 0.2) is 5.96 Å². The fourth-order valence-electron chi connectivity index (χ4n) is 3.42. The van der Waals surface area contributed by atoms with Gasteiger partial charge >= 0.3 is 0 Å². The summed E-state index contributed by atoms with van der Waals surface area (Å²) in [5.41, 5.74) is 3.92. The third-order valence-electron chi connectivity index (χ3n) is 5.15. The fourth-order valence-corrected chi connectivity index (χ4v) is 4.16. The lowest BCUT2D eigenvalue weighted by molar-refractivity contribution is 0.198. The number of aryl methyl sites for hydroxylation is 2. The van der Waals surface area contributed by atoms with Gasteiger partial charge < -0.3 is 10.6 Å². The Bertz CT molecular complexity index is 747. The molecule has 0 radical (unpaired) electrons. The number of guanidine groups is 1. The van der Waals surface area contributed by atoms with Crippen LogP contribution in [0.15, 0.2) is 34.6 Å². The highest BCUT2D eigenvalue weighted by atomic mass is 32.1. The monoisotopic (exact) mass is 385 g/mol. The predicted octanol–water partition coefficient (Wildman–Crippen LogP) is 3.34. The third kappa shape index (κ3) is 5.78. The van der Waals surface area contributed by atoms with E-state index in [2.05, 4.69) is 69.0 Å². The molecule has 3 rings (SSSR count). The second-order valence-electron chi connectivity index (χ2n) is 7.13. The molecule has 1 aromatic heterocycles. The maximum Gasteiger partial charge on any atom is 0.191 e. The van der Waals surface area contributed by atoms with E-state index in [-0.39, 0.29) is 0 Å². The van der Waals surface area contributed by atoms with Crippen LogP contribution < -0.4 is 10.6 Å². The Labute approximate surface area is 166 Å². The minimum absolute atomic E-state index is 0.478. The molecular formula is C21H31N5S. The van der Waals surface area contributed by atoms with E-state index in [9.17, 15) is 0 Å². The van der Waals surface area contributed by atoms with E-state index in [1.54, 1.807) is 11.3 Å². The van der Waals surface area contributed by atoms with Crippen molar-refractivity contribution < 1.29 is 0 Å². The summed E-state index contributed by atoms with van der Waals surface area (Å²) in [6.45, 7) is 8.36. The molecule has 1 aliphatic heterocycles. The van der Waals surface area contributed by atoms with Crippen LogP contribution in [0.2, 0.25) is 0 Å². The number of aliphatic imine (C=N–C) groups is 1. The Morgan fingerprint density at radius 3 is 2.74 bits per heavy atom. The standard InChI is InChI=1S/C21H31N5S/c1-4-20-24-19(15-27-20)13-23-21(22-3)25-18-9-11-26(12-10-18)14-17-8-6-5-7-16(17)2/h5-8,15,18H,4,9-14H2,1-3H3,(H2,22,23,25). The number of thiazole rings is 1. The van der Waals surface area contributed by atoms with Gasteiger partial charge in [-0.25, -0.2) is 4.98 Å². The van der Waals surface area contributed by atoms with Crippen LogP contribution in [0.5, 0.6) is 0 Å². The van der Waals surface area contributed by atoms with Crippen LogP contribution >= 0.6 is 11.3 Å². The second-order valence-corrected chi connectivity index (χ2v) is 8.08. The van der Waals surface area contributed by atoms with Crippen LogP contribution in [0, 0.1) is 6.92 Å². The third-order valence-corrected chi connectivity index (χ3v) is 6.19. The van der Waals surface area contributed by atoms with E-state index in [4.69, 9.17) is 0 Å². The van der Waals surface area contributed by atoms with Gasteiger partial charge in [-0.1, -0.05) is 31.2 Å². The molecule has 0 unspecified atom stereocenters. The smallest absolute Gasteiger partial charge is 0.191 e. The van der Waals surface area contributed by atoms with Crippen molar-refractivity contribution in [2.45, 2.75) is 52.2 Å². The number of piperidine rings is 1. The molecule has 5 nitrogen and oxygen atoms in total. The molecule has 0 atom stereocenters. The predicted molar refractivity (Wildman–Crippen MR) is 114 cm³/mol. The largest absolute Gasteiger partial charge is 0.354 e. The molecule has 6 heteroatoms. The van der Waals surface area contributed by atoms with Gasteiger partial charge in [0.25, 0.3) is 0 Å². The van der Waals surface area contributed by atoms with E-state index in [1.807, 2.05) is 7.05 Å². The Balaban J connectivity index is 1.42. The van der Waals surface area contributed by atoms with Crippen LogP contribution in [0.3, 0.4) is 0 Å². The summed E-state index contributed by atoms with van der Waals surface area (Å²) in [7, 11) is 1.83. The van der Waals surface area contributed by atoms with Crippen molar-refractivity contribution in [3.05, 3.63) is 51.5 Å². The summed E-state index contributed by atoms with van der Waals surface area (Å²) >= 11 is 1.73. The summed E-state index contributed by atoms with van der Waals surface area (Å²) in [4.78, 5) is 11.5. The molecule has 0 aliphatic carbocycles. The average Bonchev–Trinajstić information content (AvgIpc) is 3.16. The summed E-state index contributed by atoms with van der Waals surface area (Å²) in [6.07, 6.45) is 3.28. The summed E-state index contributed by atoms with van der Waals surface area (Å²) in [5.74, 6) is 0.874. The summed E-state index contributed by atoms with van der Waals surface area (Å²) in [5, 5.41) is 10.3. The SMILES string of the molecule is CCc1nc(CNC(=NC)NC2CCN(Cc3ccccc3C)CC2)cs1. The molecule has 0 saturated carbocycles. The number of nitrogens with one attached hydrogen (secondary N) is 2. The lowest BCUT2D eigenvalue weighted by atomic mass is 10.0. The highest BCUT2D eigenvalue weighted by Crippen LogP contribution is 2.16. The summed E-state index contributed by atoms with van der Waals surface area (Å²) in [6, 6.07) is 9.17. The number of likely N-dealkylation sites (tertiary alicyclic amines) is 1. The zero-order chi connectivity index (χ0) is 19.1. The molecule has 27 heavy (non-hydrogen) atoms. The van der Waals surface area contributed by atoms with Gasteiger partial charge in [-0.05, 0) is 37.3 Å². The maximum atomic E-state index is 4.61. The number of hydrogen-bond donors (Lipinski definition) is 2. The molecular weight excluding hydrogens is 354 g/mol. The van der Waals surface area contributed by atoms with E-state index in [0.717, 1.165) is 57.1 Å². The molecule has 2 N–H and O–H groups in total. The Kier molecular flexibility index (Phi) is 7.24. The van der Waals surface area contributed by atoms with Crippen molar-refractivity contribution in [2.24, 2.45) is 4.99 Å². The van der Waals surface area contributed by atoms with Gasteiger partial charge in [0.05, 0.1) is 17.2 Å². The number of nitrogens with zero attached hydrogens (tertiary/aromatic N) is 3. The van der Waals surface area contributed by atoms with Crippen LogP contribution in [-0.2, 0) is 19.5 Å². The molecule has 1 aliphatic rings. The van der Waals surface area contributed by atoms with Gasteiger partial charge in [0.2, 0.25) is 0 Å². The zero-order valence-corrected chi connectivity index (χ0v) is 17.5. The Morgan fingerprint density at radius 2 is 2.07 bits per heavy atom. The lowest BCUT2D eigenvalue weighted by Crippen LogP contribution is -2.48. The van der Waals surface area contributed by atoms with Crippen molar-refractivity contribution in [2.75, 3.05) is 20.1 Å². The van der Waals surface area contributed by atoms with Crippen molar-refractivity contribution >= 4 is 17.3 Å². The van der Waals surface area contributed by atoms with Crippen LogP contribution in [0.1, 0.15) is 41.6 Å². The van der Waals surface area contributed by atoms with Crippen LogP contribution in [-0.4, -0.2) is 42.0 Å². The number of rotatable bonds is 6. The van der Waals surface area contributed by atoms with E-state index in [1.165, 1.54) is 16.1 Å². The summed E-state index contributed by atoms with van der Waals surface area (Å²) < 4.78 is 0. The Morgan fingerprint density at radius 1 is 1.30 bits per heavy atom. The van der Waals surface area contributed by atoms with Gasteiger partial charge in [-0.15, -0.1) is 11.3 Å². The molecule has 0 spiro atoms. The first-order valence-electron chi connectivity index (χ1n) is 9.85. The highest BCUT2D eigenvalue weighted by Gasteiger charge is 2.20. The number of hydrogen-bond acceptors (Lipinski definition) is 4. The molecule has 1 fully saturated rings. The van der Waals surface area contributed by atoms with Crippen molar-refractivity contribution in [1.82, 2.24) is 20.5 Å². The zero-order valence-electron chi connectivity index (χ0n) is 16.7. The molecule has 2 aromatic rings. The molecule has 0 bridgehead atoms. The Hall–Kier alpha value is -1.92. The first kappa shape index (κ1) is 19.8. The van der Waals surface area contributed by atoms with Crippen molar-refractivity contribution in [3.63, 3.8) is 0 Å². The fraction of sp³-hybridized carbons (Fsp3) is 0.524. The van der Waals surface area contributed by atoms with E-state index < -0.39 is 0 Å². The molecule has 146 valence electrons. The van der Waals surface area contributed by atoms with Crippen molar-refractivity contribution in [3.8, 4) is 0 Å². The quantitative estimate of drug-likeness (QED) is 0.591. The minimum atomic E-state index is 0.478. The number of aromatic nitrogens is 1.